The van der Waals surface area contributed by atoms with Crippen molar-refractivity contribution in [2.24, 2.45) is 5.73 Å². The second-order valence-electron chi connectivity index (χ2n) is 3.13. The first-order chi connectivity index (χ1) is 7.18. The molecule has 0 saturated carbocycles. The summed E-state index contributed by atoms with van der Waals surface area (Å²) in [5, 5.41) is 6.48. The van der Waals surface area contributed by atoms with Crippen molar-refractivity contribution in [3.63, 3.8) is 0 Å². The van der Waals surface area contributed by atoms with E-state index in [1.807, 2.05) is 0 Å². The molecule has 1 amide bonds. The molecule has 15 heavy (non-hydrogen) atoms. The summed E-state index contributed by atoms with van der Waals surface area (Å²) < 4.78 is 0. The first kappa shape index (κ1) is 9.26. The molecule has 0 aliphatic rings. The fourth-order valence-corrected chi connectivity index (χ4v) is 1.35. The van der Waals surface area contributed by atoms with E-state index in [2.05, 4.69) is 10.2 Å². The Labute approximate surface area is 86.1 Å². The summed E-state index contributed by atoms with van der Waals surface area (Å²) in [5.74, 6) is -0.0106. The van der Waals surface area contributed by atoms with E-state index in [9.17, 15) is 4.79 Å². The van der Waals surface area contributed by atoms with Crippen molar-refractivity contribution in [1.29, 1.82) is 0 Å². The van der Waals surface area contributed by atoms with E-state index >= 15 is 0 Å². The minimum absolute atomic E-state index is 0.432. The molecule has 5 heteroatoms. The van der Waals surface area contributed by atoms with Gasteiger partial charge in [0.05, 0.1) is 0 Å². The van der Waals surface area contributed by atoms with Crippen LogP contribution in [0.25, 0.3) is 11.1 Å². The average Bonchev–Trinajstić information content (AvgIpc) is 2.65. The highest BCUT2D eigenvalue weighted by molar-refractivity contribution is 5.93. The van der Waals surface area contributed by atoms with E-state index in [4.69, 9.17) is 11.5 Å². The molecule has 2 aromatic rings. The van der Waals surface area contributed by atoms with Crippen LogP contribution in [-0.4, -0.2) is 16.1 Å². The number of benzene rings is 1. The number of aromatic amines is 1. The van der Waals surface area contributed by atoms with Gasteiger partial charge >= 0.3 is 0 Å². The van der Waals surface area contributed by atoms with E-state index in [1.54, 1.807) is 30.5 Å². The SMILES string of the molecule is NC(=O)c1ccc(-c2c[nH]nc2N)cc1. The number of hydrogen-bond donors (Lipinski definition) is 3. The van der Waals surface area contributed by atoms with Crippen molar-refractivity contribution in [1.82, 2.24) is 10.2 Å². The standard InChI is InChI=1S/C10H10N4O/c11-9-8(5-13-14-9)6-1-3-7(4-2-6)10(12)15/h1-5H,(H2,12,15)(H3,11,13,14). The third-order valence-electron chi connectivity index (χ3n) is 2.15. The van der Waals surface area contributed by atoms with E-state index < -0.39 is 5.91 Å². The number of nitrogen functional groups attached to an aromatic ring is 1. The number of amides is 1. The second-order valence-corrected chi connectivity index (χ2v) is 3.13. The highest BCUT2D eigenvalue weighted by atomic mass is 16.1. The maximum atomic E-state index is 10.8. The van der Waals surface area contributed by atoms with Gasteiger partial charge in [0.15, 0.2) is 5.82 Å². The Balaban J connectivity index is 2.40. The number of carbonyl (C=O) groups is 1. The zero-order valence-corrected chi connectivity index (χ0v) is 7.90. The van der Waals surface area contributed by atoms with Gasteiger partial charge in [-0.1, -0.05) is 12.1 Å². The van der Waals surface area contributed by atoms with Crippen molar-refractivity contribution in [2.75, 3.05) is 5.73 Å². The third-order valence-corrected chi connectivity index (χ3v) is 2.15. The lowest BCUT2D eigenvalue weighted by molar-refractivity contribution is 0.100. The summed E-state index contributed by atoms with van der Waals surface area (Å²) in [6.07, 6.45) is 1.70. The number of aromatic nitrogens is 2. The predicted molar refractivity (Wildman–Crippen MR) is 57.0 cm³/mol. The van der Waals surface area contributed by atoms with Gasteiger partial charge in [-0.15, -0.1) is 0 Å². The lowest BCUT2D eigenvalue weighted by Gasteiger charge is -1.99. The maximum Gasteiger partial charge on any atom is 0.248 e. The highest BCUT2D eigenvalue weighted by Gasteiger charge is 2.05. The minimum atomic E-state index is -0.443. The van der Waals surface area contributed by atoms with Gasteiger partial charge in [0, 0.05) is 17.3 Å². The van der Waals surface area contributed by atoms with Crippen molar-refractivity contribution in [3.8, 4) is 11.1 Å². The lowest BCUT2D eigenvalue weighted by Crippen LogP contribution is -2.10. The molecule has 0 unspecified atom stereocenters. The number of primary amides is 1. The van der Waals surface area contributed by atoms with Gasteiger partial charge < -0.3 is 11.5 Å². The number of carbonyl (C=O) groups excluding carboxylic acids is 1. The van der Waals surface area contributed by atoms with Crippen molar-refractivity contribution in [3.05, 3.63) is 36.0 Å². The number of rotatable bonds is 2. The van der Waals surface area contributed by atoms with Gasteiger partial charge in [-0.05, 0) is 17.7 Å². The molecule has 5 N–H and O–H groups in total. The van der Waals surface area contributed by atoms with Crippen LogP contribution in [0.3, 0.4) is 0 Å². The van der Waals surface area contributed by atoms with Crippen LogP contribution in [0.4, 0.5) is 5.82 Å². The predicted octanol–water partition coefficient (Wildman–Crippen LogP) is 0.758. The van der Waals surface area contributed by atoms with E-state index in [0.29, 0.717) is 11.4 Å². The Hall–Kier alpha value is -2.30. The summed E-state index contributed by atoms with van der Waals surface area (Å²) in [4.78, 5) is 10.8. The molecular weight excluding hydrogens is 192 g/mol. The summed E-state index contributed by atoms with van der Waals surface area (Å²) in [7, 11) is 0. The molecule has 1 aromatic heterocycles. The molecule has 0 aliphatic heterocycles. The fraction of sp³-hybridized carbons (Fsp3) is 0. The minimum Gasteiger partial charge on any atom is -0.382 e. The fourth-order valence-electron chi connectivity index (χ4n) is 1.35. The molecule has 1 heterocycles. The Kier molecular flexibility index (Phi) is 2.13. The number of hydrogen-bond acceptors (Lipinski definition) is 3. The molecule has 0 saturated heterocycles. The number of anilines is 1. The van der Waals surface area contributed by atoms with Gasteiger partial charge in [-0.25, -0.2) is 0 Å². The topological polar surface area (TPSA) is 97.8 Å². The van der Waals surface area contributed by atoms with Crippen LogP contribution >= 0.6 is 0 Å². The summed E-state index contributed by atoms with van der Waals surface area (Å²) in [5.41, 5.74) is 12.9. The van der Waals surface area contributed by atoms with E-state index in [0.717, 1.165) is 11.1 Å². The molecule has 5 nitrogen and oxygen atoms in total. The Bertz CT molecular complexity index is 486. The Morgan fingerprint density at radius 3 is 2.40 bits per heavy atom. The zero-order valence-electron chi connectivity index (χ0n) is 7.90. The van der Waals surface area contributed by atoms with Crippen LogP contribution in [0.15, 0.2) is 30.5 Å². The van der Waals surface area contributed by atoms with Gasteiger partial charge in [0.1, 0.15) is 0 Å². The number of H-pyrrole nitrogens is 1. The van der Waals surface area contributed by atoms with Crippen LogP contribution in [0, 0.1) is 0 Å². The van der Waals surface area contributed by atoms with Crippen LogP contribution in [0.5, 0.6) is 0 Å². The number of nitrogens with zero attached hydrogens (tertiary/aromatic N) is 1. The van der Waals surface area contributed by atoms with Gasteiger partial charge in [-0.2, -0.15) is 5.10 Å². The Morgan fingerprint density at radius 1 is 1.27 bits per heavy atom. The number of nitrogens with one attached hydrogen (secondary N) is 1. The quantitative estimate of drug-likeness (QED) is 0.670. The first-order valence-corrected chi connectivity index (χ1v) is 4.38. The smallest absolute Gasteiger partial charge is 0.248 e. The van der Waals surface area contributed by atoms with Crippen molar-refractivity contribution in [2.45, 2.75) is 0 Å². The molecule has 2 rings (SSSR count). The van der Waals surface area contributed by atoms with Gasteiger partial charge in [0.25, 0.3) is 0 Å². The van der Waals surface area contributed by atoms with Crippen molar-refractivity contribution >= 4 is 11.7 Å². The van der Waals surface area contributed by atoms with E-state index in [1.165, 1.54) is 0 Å². The molecular formula is C10H10N4O. The van der Waals surface area contributed by atoms with Crippen molar-refractivity contribution < 1.29 is 4.79 Å². The van der Waals surface area contributed by atoms with Gasteiger partial charge in [-0.3, -0.25) is 9.89 Å². The van der Waals surface area contributed by atoms with Gasteiger partial charge in [0.2, 0.25) is 5.91 Å². The summed E-state index contributed by atoms with van der Waals surface area (Å²) in [6.45, 7) is 0. The number of nitrogens with two attached hydrogens (primary N) is 2. The maximum absolute atomic E-state index is 10.8. The molecule has 76 valence electrons. The molecule has 0 bridgehead atoms. The third kappa shape index (κ3) is 1.67. The van der Waals surface area contributed by atoms with Crippen LogP contribution in [-0.2, 0) is 0 Å². The summed E-state index contributed by atoms with van der Waals surface area (Å²) in [6, 6.07) is 6.87. The normalized spacial score (nSPS) is 10.1. The average molecular weight is 202 g/mol. The largest absolute Gasteiger partial charge is 0.382 e. The first-order valence-electron chi connectivity index (χ1n) is 4.38. The highest BCUT2D eigenvalue weighted by Crippen LogP contribution is 2.23. The zero-order chi connectivity index (χ0) is 10.8. The monoisotopic (exact) mass is 202 g/mol. The van der Waals surface area contributed by atoms with Crippen LogP contribution in [0.1, 0.15) is 10.4 Å². The molecule has 0 fully saturated rings. The van der Waals surface area contributed by atoms with Crippen LogP contribution in [0.2, 0.25) is 0 Å². The molecule has 1 aromatic carbocycles. The lowest BCUT2D eigenvalue weighted by atomic mass is 10.1. The Morgan fingerprint density at radius 2 is 1.93 bits per heavy atom. The second kappa shape index (κ2) is 3.45. The van der Waals surface area contributed by atoms with E-state index in [-0.39, 0.29) is 0 Å². The van der Waals surface area contributed by atoms with Crippen LogP contribution < -0.4 is 11.5 Å². The summed E-state index contributed by atoms with van der Waals surface area (Å²) >= 11 is 0. The molecule has 0 aliphatic carbocycles. The molecule has 0 spiro atoms. The molecule has 0 radical (unpaired) electrons. The molecule has 0 atom stereocenters.